The van der Waals surface area contributed by atoms with Gasteiger partial charge in [0, 0.05) is 39.1 Å². The summed E-state index contributed by atoms with van der Waals surface area (Å²) in [6.07, 6.45) is 0.876. The zero-order valence-electron chi connectivity index (χ0n) is 11.5. The van der Waals surface area contributed by atoms with Crippen molar-refractivity contribution in [1.29, 1.82) is 0 Å². The largest absolute Gasteiger partial charge is 0.377 e. The van der Waals surface area contributed by atoms with Gasteiger partial charge in [-0.25, -0.2) is 0 Å². The highest BCUT2D eigenvalue weighted by molar-refractivity contribution is 5.86. The number of carbonyl (C=O) groups excluding carboxylic acids is 1. The van der Waals surface area contributed by atoms with E-state index >= 15 is 0 Å². The molecule has 4 heteroatoms. The molecule has 1 amide bonds. The summed E-state index contributed by atoms with van der Waals surface area (Å²) in [6, 6.07) is 6.14. The first-order valence-electron chi connectivity index (χ1n) is 6.28. The molecule has 1 N–H and O–H groups in total. The van der Waals surface area contributed by atoms with Crippen molar-refractivity contribution in [3.8, 4) is 0 Å². The van der Waals surface area contributed by atoms with Gasteiger partial charge in [-0.15, -0.1) is 0 Å². The molecule has 0 aliphatic carbocycles. The molecule has 1 heterocycles. The maximum atomic E-state index is 11.8. The first-order valence-corrected chi connectivity index (χ1v) is 6.28. The third kappa shape index (κ3) is 2.42. The van der Waals surface area contributed by atoms with Crippen LogP contribution < -0.4 is 10.2 Å². The van der Waals surface area contributed by atoms with Gasteiger partial charge in [-0.2, -0.15) is 0 Å². The zero-order chi connectivity index (χ0) is 13.3. The number of aryl methyl sites for hydroxylation is 1. The number of likely N-dealkylation sites (N-methyl/N-ethyl adjacent to an activating group) is 1. The van der Waals surface area contributed by atoms with E-state index < -0.39 is 0 Å². The molecule has 2 rings (SSSR count). The molecule has 1 saturated heterocycles. The van der Waals surface area contributed by atoms with E-state index in [1.54, 1.807) is 4.90 Å². The van der Waals surface area contributed by atoms with Gasteiger partial charge in [0.1, 0.15) is 6.04 Å². The third-order valence-corrected chi connectivity index (χ3v) is 3.46. The lowest BCUT2D eigenvalue weighted by atomic mass is 10.1. The Morgan fingerprint density at radius 3 is 2.67 bits per heavy atom. The van der Waals surface area contributed by atoms with Gasteiger partial charge in [0.15, 0.2) is 0 Å². The standard InChI is InChI=1S/C14H21N3O/c1-10-5-6-11(9-13(10)16(2)3)15-12-7-8-17(4)14(12)18/h5-6,9,12,15H,7-8H2,1-4H3. The Morgan fingerprint density at radius 1 is 1.39 bits per heavy atom. The molecule has 0 bridgehead atoms. The Balaban J connectivity index is 2.15. The van der Waals surface area contributed by atoms with Crippen molar-refractivity contribution in [3.63, 3.8) is 0 Å². The number of benzene rings is 1. The Kier molecular flexibility index (Phi) is 3.45. The fourth-order valence-corrected chi connectivity index (χ4v) is 2.34. The van der Waals surface area contributed by atoms with Crippen molar-refractivity contribution in [1.82, 2.24) is 4.90 Å². The number of hydrogen-bond acceptors (Lipinski definition) is 3. The lowest BCUT2D eigenvalue weighted by Crippen LogP contribution is -2.31. The molecule has 1 unspecified atom stereocenters. The van der Waals surface area contributed by atoms with E-state index in [9.17, 15) is 4.79 Å². The highest BCUT2D eigenvalue weighted by Crippen LogP contribution is 2.24. The van der Waals surface area contributed by atoms with E-state index in [1.807, 2.05) is 27.2 Å². The van der Waals surface area contributed by atoms with Gasteiger partial charge in [0.25, 0.3) is 0 Å². The Morgan fingerprint density at radius 2 is 2.11 bits per heavy atom. The topological polar surface area (TPSA) is 35.6 Å². The van der Waals surface area contributed by atoms with Crippen molar-refractivity contribution in [2.75, 3.05) is 37.9 Å². The lowest BCUT2D eigenvalue weighted by molar-refractivity contribution is -0.127. The number of anilines is 2. The van der Waals surface area contributed by atoms with Crippen LogP contribution in [0, 0.1) is 6.92 Å². The normalized spacial score (nSPS) is 19.2. The number of hydrogen-bond donors (Lipinski definition) is 1. The van der Waals surface area contributed by atoms with Crippen LogP contribution >= 0.6 is 0 Å². The van der Waals surface area contributed by atoms with E-state index in [1.165, 1.54) is 11.3 Å². The maximum Gasteiger partial charge on any atom is 0.244 e. The second kappa shape index (κ2) is 4.88. The summed E-state index contributed by atoms with van der Waals surface area (Å²) >= 11 is 0. The minimum absolute atomic E-state index is 0.0762. The molecule has 0 radical (unpaired) electrons. The van der Waals surface area contributed by atoms with Crippen LogP contribution in [0.25, 0.3) is 0 Å². The summed E-state index contributed by atoms with van der Waals surface area (Å²) in [7, 11) is 5.91. The van der Waals surface area contributed by atoms with Crippen LogP contribution in [0.15, 0.2) is 18.2 Å². The van der Waals surface area contributed by atoms with Crippen molar-refractivity contribution >= 4 is 17.3 Å². The van der Waals surface area contributed by atoms with Crippen LogP contribution in [0.1, 0.15) is 12.0 Å². The van der Waals surface area contributed by atoms with Crippen LogP contribution in [-0.2, 0) is 4.79 Å². The Bertz CT molecular complexity index is 456. The molecule has 1 aliphatic rings. The summed E-state index contributed by atoms with van der Waals surface area (Å²) in [5.41, 5.74) is 3.43. The highest BCUT2D eigenvalue weighted by Gasteiger charge is 2.28. The number of rotatable bonds is 3. The number of likely N-dealkylation sites (tertiary alicyclic amines) is 1. The average Bonchev–Trinajstić information content (AvgIpc) is 2.63. The van der Waals surface area contributed by atoms with Crippen molar-refractivity contribution < 1.29 is 4.79 Å². The monoisotopic (exact) mass is 247 g/mol. The quantitative estimate of drug-likeness (QED) is 0.883. The number of nitrogens with zero attached hydrogens (tertiary/aromatic N) is 2. The summed E-state index contributed by atoms with van der Waals surface area (Å²) in [5, 5.41) is 3.33. The highest BCUT2D eigenvalue weighted by atomic mass is 16.2. The van der Waals surface area contributed by atoms with Crippen molar-refractivity contribution in [2.45, 2.75) is 19.4 Å². The SMILES string of the molecule is Cc1ccc(NC2CCN(C)C2=O)cc1N(C)C. The van der Waals surface area contributed by atoms with Gasteiger partial charge < -0.3 is 15.1 Å². The molecule has 1 aliphatic heterocycles. The van der Waals surface area contributed by atoms with Crippen LogP contribution in [-0.4, -0.2) is 44.5 Å². The molecule has 0 aromatic heterocycles. The zero-order valence-corrected chi connectivity index (χ0v) is 11.5. The van der Waals surface area contributed by atoms with E-state index in [0.717, 1.165) is 18.7 Å². The Hall–Kier alpha value is -1.71. The van der Waals surface area contributed by atoms with Gasteiger partial charge in [0.2, 0.25) is 5.91 Å². The molecular formula is C14H21N3O. The van der Waals surface area contributed by atoms with Crippen LogP contribution in [0.2, 0.25) is 0 Å². The minimum atomic E-state index is -0.0762. The first kappa shape index (κ1) is 12.7. The molecule has 4 nitrogen and oxygen atoms in total. The minimum Gasteiger partial charge on any atom is -0.377 e. The molecule has 1 atom stereocenters. The van der Waals surface area contributed by atoms with Crippen molar-refractivity contribution in [2.24, 2.45) is 0 Å². The molecular weight excluding hydrogens is 226 g/mol. The molecule has 98 valence electrons. The first-order chi connectivity index (χ1) is 8.49. The molecule has 1 aromatic carbocycles. The van der Waals surface area contributed by atoms with Crippen LogP contribution in [0.3, 0.4) is 0 Å². The second-order valence-corrected chi connectivity index (χ2v) is 5.14. The maximum absolute atomic E-state index is 11.8. The van der Waals surface area contributed by atoms with E-state index in [0.29, 0.717) is 0 Å². The number of amides is 1. The van der Waals surface area contributed by atoms with Gasteiger partial charge in [-0.05, 0) is 31.0 Å². The second-order valence-electron chi connectivity index (χ2n) is 5.14. The summed E-state index contributed by atoms with van der Waals surface area (Å²) in [5.74, 6) is 0.182. The van der Waals surface area contributed by atoms with E-state index in [-0.39, 0.29) is 11.9 Å². The third-order valence-electron chi connectivity index (χ3n) is 3.46. The van der Waals surface area contributed by atoms with Gasteiger partial charge in [-0.1, -0.05) is 6.07 Å². The average molecular weight is 247 g/mol. The van der Waals surface area contributed by atoms with Crippen LogP contribution in [0.4, 0.5) is 11.4 Å². The number of nitrogens with one attached hydrogen (secondary N) is 1. The Labute approximate surface area is 109 Å². The summed E-state index contributed by atoms with van der Waals surface area (Å²) < 4.78 is 0. The summed E-state index contributed by atoms with van der Waals surface area (Å²) in [4.78, 5) is 15.7. The van der Waals surface area contributed by atoms with E-state index in [4.69, 9.17) is 0 Å². The molecule has 1 fully saturated rings. The van der Waals surface area contributed by atoms with Crippen molar-refractivity contribution in [3.05, 3.63) is 23.8 Å². The smallest absolute Gasteiger partial charge is 0.244 e. The predicted molar refractivity (Wildman–Crippen MR) is 75.2 cm³/mol. The molecule has 0 spiro atoms. The lowest BCUT2D eigenvalue weighted by Gasteiger charge is -2.19. The molecule has 1 aromatic rings. The van der Waals surface area contributed by atoms with Gasteiger partial charge in [0.05, 0.1) is 0 Å². The number of carbonyl (C=O) groups is 1. The van der Waals surface area contributed by atoms with Crippen LogP contribution in [0.5, 0.6) is 0 Å². The summed E-state index contributed by atoms with van der Waals surface area (Å²) in [6.45, 7) is 2.93. The molecule has 18 heavy (non-hydrogen) atoms. The van der Waals surface area contributed by atoms with E-state index in [2.05, 4.69) is 29.3 Å². The fourth-order valence-electron chi connectivity index (χ4n) is 2.34. The predicted octanol–water partition coefficient (Wildman–Crippen LogP) is 1.70. The van der Waals surface area contributed by atoms with Gasteiger partial charge >= 0.3 is 0 Å². The fraction of sp³-hybridized carbons (Fsp3) is 0.500. The van der Waals surface area contributed by atoms with Gasteiger partial charge in [-0.3, -0.25) is 4.79 Å². The molecule has 0 saturated carbocycles.